The van der Waals surface area contributed by atoms with E-state index in [0.717, 1.165) is 16.8 Å². The number of fused-ring (bicyclic) bond motifs is 1. The summed E-state index contributed by atoms with van der Waals surface area (Å²) in [5, 5.41) is 0. The predicted octanol–water partition coefficient (Wildman–Crippen LogP) is 3.07. The highest BCUT2D eigenvalue weighted by Gasteiger charge is 2.28. The number of nitrogens with zero attached hydrogens (tertiary/aromatic N) is 5. The number of carbonyl (C=O) groups excluding carboxylic acids is 2. The van der Waals surface area contributed by atoms with Crippen LogP contribution in [0.2, 0.25) is 0 Å². The first-order chi connectivity index (χ1) is 14.9. The molecule has 1 aliphatic heterocycles. The molecule has 2 aromatic heterocycles. The zero-order valence-corrected chi connectivity index (χ0v) is 17.4. The molecule has 0 spiro atoms. The second-order valence-electron chi connectivity index (χ2n) is 7.51. The van der Waals surface area contributed by atoms with Crippen LogP contribution in [0.25, 0.3) is 0 Å². The van der Waals surface area contributed by atoms with E-state index in [1.807, 2.05) is 6.92 Å². The molecule has 0 radical (unpaired) electrons. The number of aryl methyl sites for hydroxylation is 1. The number of aromatic nitrogens is 3. The van der Waals surface area contributed by atoms with Crippen LogP contribution >= 0.6 is 0 Å². The molecule has 1 aromatic carbocycles. The van der Waals surface area contributed by atoms with Gasteiger partial charge in [0.15, 0.2) is 0 Å². The number of hydrogen-bond acceptors (Lipinski definition) is 5. The second kappa shape index (κ2) is 8.59. The van der Waals surface area contributed by atoms with Crippen LogP contribution in [-0.4, -0.2) is 38.7 Å². The van der Waals surface area contributed by atoms with E-state index in [1.54, 1.807) is 48.5 Å². The highest BCUT2D eigenvalue weighted by Crippen LogP contribution is 2.29. The molecule has 0 fully saturated rings. The highest BCUT2D eigenvalue weighted by molar-refractivity contribution is 5.95. The number of halogens is 1. The molecule has 31 heavy (non-hydrogen) atoms. The van der Waals surface area contributed by atoms with E-state index in [-0.39, 0.29) is 24.2 Å². The fraction of sp³-hybridized carbons (Fsp3) is 0.261. The van der Waals surface area contributed by atoms with Crippen molar-refractivity contribution in [2.75, 3.05) is 11.9 Å². The van der Waals surface area contributed by atoms with Crippen LogP contribution in [0.3, 0.4) is 0 Å². The standard InChI is InChI=1S/C23H22FN5O2/c1-15-18-10-11-21(30)29(13-16-6-8-17(24)9-7-16)22(18)27-20(26-15)14-28(2)23(31)19-5-3-4-12-25-19/h3-9,12H,10-11,13-14H2,1-2H3. The van der Waals surface area contributed by atoms with Gasteiger partial charge in [-0.05, 0) is 43.2 Å². The van der Waals surface area contributed by atoms with Crippen molar-refractivity contribution in [2.45, 2.75) is 32.9 Å². The maximum atomic E-state index is 13.3. The molecule has 0 saturated carbocycles. The van der Waals surface area contributed by atoms with E-state index in [0.29, 0.717) is 36.7 Å². The Morgan fingerprint density at radius 1 is 1.13 bits per heavy atom. The van der Waals surface area contributed by atoms with Crippen molar-refractivity contribution in [3.63, 3.8) is 0 Å². The first-order valence-corrected chi connectivity index (χ1v) is 10.00. The summed E-state index contributed by atoms with van der Waals surface area (Å²) < 4.78 is 13.3. The Bertz CT molecular complexity index is 1120. The lowest BCUT2D eigenvalue weighted by atomic mass is 10.0. The van der Waals surface area contributed by atoms with Crippen LogP contribution in [0.1, 0.15) is 39.6 Å². The molecular formula is C23H22FN5O2. The molecule has 0 atom stereocenters. The number of anilines is 1. The van der Waals surface area contributed by atoms with E-state index < -0.39 is 0 Å². The van der Waals surface area contributed by atoms with Gasteiger partial charge < -0.3 is 4.90 Å². The normalized spacial score (nSPS) is 13.1. The lowest BCUT2D eigenvalue weighted by molar-refractivity contribution is -0.119. The number of rotatable bonds is 5. The van der Waals surface area contributed by atoms with Crippen molar-refractivity contribution >= 4 is 17.6 Å². The van der Waals surface area contributed by atoms with Crippen LogP contribution < -0.4 is 4.90 Å². The molecule has 0 aliphatic carbocycles. The van der Waals surface area contributed by atoms with Gasteiger partial charge >= 0.3 is 0 Å². The molecule has 158 valence electrons. The predicted molar refractivity (Wildman–Crippen MR) is 113 cm³/mol. The zero-order chi connectivity index (χ0) is 22.0. The Hall–Kier alpha value is -3.68. The number of hydrogen-bond donors (Lipinski definition) is 0. The van der Waals surface area contributed by atoms with E-state index in [2.05, 4.69) is 15.0 Å². The third-order valence-corrected chi connectivity index (χ3v) is 5.25. The minimum absolute atomic E-state index is 0.0428. The van der Waals surface area contributed by atoms with E-state index in [9.17, 15) is 14.0 Å². The minimum Gasteiger partial charge on any atom is -0.333 e. The monoisotopic (exact) mass is 419 g/mol. The van der Waals surface area contributed by atoms with Crippen molar-refractivity contribution in [1.82, 2.24) is 19.9 Å². The molecule has 0 N–H and O–H groups in total. The molecular weight excluding hydrogens is 397 g/mol. The topological polar surface area (TPSA) is 79.3 Å². The summed E-state index contributed by atoms with van der Waals surface area (Å²) in [4.78, 5) is 41.7. The first-order valence-electron chi connectivity index (χ1n) is 10.00. The third-order valence-electron chi connectivity index (χ3n) is 5.25. The van der Waals surface area contributed by atoms with Crippen LogP contribution in [0, 0.1) is 12.7 Å². The molecule has 3 aromatic rings. The molecule has 3 heterocycles. The molecule has 1 aliphatic rings. The Kier molecular flexibility index (Phi) is 5.70. The number of pyridine rings is 1. The molecule has 4 rings (SSSR count). The zero-order valence-electron chi connectivity index (χ0n) is 17.4. The van der Waals surface area contributed by atoms with E-state index >= 15 is 0 Å². The van der Waals surface area contributed by atoms with Crippen LogP contribution in [-0.2, 0) is 24.3 Å². The van der Waals surface area contributed by atoms with Gasteiger partial charge in [-0.2, -0.15) is 0 Å². The number of carbonyl (C=O) groups is 2. The van der Waals surface area contributed by atoms with Gasteiger partial charge in [0, 0.05) is 30.9 Å². The lowest BCUT2D eigenvalue weighted by Gasteiger charge is -2.30. The Labute approximate surface area is 179 Å². The molecule has 7 nitrogen and oxygen atoms in total. The first kappa shape index (κ1) is 20.6. The largest absolute Gasteiger partial charge is 0.333 e. The maximum absolute atomic E-state index is 13.3. The van der Waals surface area contributed by atoms with Crippen LogP contribution in [0.15, 0.2) is 48.7 Å². The fourth-order valence-electron chi connectivity index (χ4n) is 3.61. The average Bonchev–Trinajstić information content (AvgIpc) is 2.77. The van der Waals surface area contributed by atoms with Crippen molar-refractivity contribution in [1.29, 1.82) is 0 Å². The van der Waals surface area contributed by atoms with Gasteiger partial charge in [-0.15, -0.1) is 0 Å². The molecule has 8 heteroatoms. The summed E-state index contributed by atoms with van der Waals surface area (Å²) in [5.41, 5.74) is 2.86. The van der Waals surface area contributed by atoms with Crippen LogP contribution in [0.5, 0.6) is 0 Å². The van der Waals surface area contributed by atoms with Crippen molar-refractivity contribution in [3.05, 3.63) is 82.8 Å². The fourth-order valence-corrected chi connectivity index (χ4v) is 3.61. The summed E-state index contributed by atoms with van der Waals surface area (Å²) in [7, 11) is 1.66. The lowest BCUT2D eigenvalue weighted by Crippen LogP contribution is -2.37. The smallest absolute Gasteiger partial charge is 0.272 e. The third kappa shape index (κ3) is 4.42. The summed E-state index contributed by atoms with van der Waals surface area (Å²) in [6.45, 7) is 2.36. The van der Waals surface area contributed by atoms with Crippen molar-refractivity contribution < 1.29 is 14.0 Å². The average molecular weight is 419 g/mol. The Morgan fingerprint density at radius 2 is 1.90 bits per heavy atom. The van der Waals surface area contributed by atoms with Crippen molar-refractivity contribution in [2.24, 2.45) is 0 Å². The van der Waals surface area contributed by atoms with Crippen LogP contribution in [0.4, 0.5) is 10.2 Å². The molecule has 0 unspecified atom stereocenters. The Morgan fingerprint density at radius 3 is 2.61 bits per heavy atom. The number of benzene rings is 1. The van der Waals surface area contributed by atoms with Gasteiger partial charge in [-0.25, -0.2) is 14.4 Å². The van der Waals surface area contributed by atoms with E-state index in [1.165, 1.54) is 17.0 Å². The van der Waals surface area contributed by atoms with Gasteiger partial charge in [-0.1, -0.05) is 18.2 Å². The summed E-state index contributed by atoms with van der Waals surface area (Å²) >= 11 is 0. The highest BCUT2D eigenvalue weighted by atomic mass is 19.1. The van der Waals surface area contributed by atoms with E-state index in [4.69, 9.17) is 0 Å². The SMILES string of the molecule is Cc1nc(CN(C)C(=O)c2ccccn2)nc2c1CCC(=O)N2Cc1ccc(F)cc1. The molecule has 2 amide bonds. The summed E-state index contributed by atoms with van der Waals surface area (Å²) in [6.07, 6.45) is 2.51. The minimum atomic E-state index is -0.324. The maximum Gasteiger partial charge on any atom is 0.272 e. The van der Waals surface area contributed by atoms with Crippen molar-refractivity contribution in [3.8, 4) is 0 Å². The van der Waals surface area contributed by atoms with Gasteiger partial charge in [0.05, 0.1) is 13.1 Å². The quantitative estimate of drug-likeness (QED) is 0.635. The van der Waals surface area contributed by atoms with Gasteiger partial charge in [-0.3, -0.25) is 19.5 Å². The molecule has 0 bridgehead atoms. The Balaban J connectivity index is 1.61. The van der Waals surface area contributed by atoms with Gasteiger partial charge in [0.2, 0.25) is 5.91 Å². The number of amides is 2. The van der Waals surface area contributed by atoms with Gasteiger partial charge in [0.25, 0.3) is 5.91 Å². The summed E-state index contributed by atoms with van der Waals surface area (Å²) in [5.74, 6) is 0.399. The second-order valence-corrected chi connectivity index (χ2v) is 7.51. The van der Waals surface area contributed by atoms with Gasteiger partial charge in [0.1, 0.15) is 23.2 Å². The molecule has 0 saturated heterocycles. The summed E-state index contributed by atoms with van der Waals surface area (Å²) in [6, 6.07) is 11.2.